The molecule has 142 valence electrons. The number of carbonyl (C=O) groups is 1. The molecule has 1 amide bonds. The molecule has 9 heteroatoms. The summed E-state index contributed by atoms with van der Waals surface area (Å²) in [6, 6.07) is 7.27. The lowest BCUT2D eigenvalue weighted by molar-refractivity contribution is 0.0390. The lowest BCUT2D eigenvalue weighted by Crippen LogP contribution is -2.43. The normalized spacial score (nSPS) is 15.3. The van der Waals surface area contributed by atoms with Crippen molar-refractivity contribution < 1.29 is 14.1 Å². The van der Waals surface area contributed by atoms with Gasteiger partial charge >= 0.3 is 0 Å². The van der Waals surface area contributed by atoms with E-state index < -0.39 is 0 Å². The number of hydrogen-bond donors (Lipinski definition) is 0. The minimum atomic E-state index is -0.251. The highest BCUT2D eigenvalue weighted by molar-refractivity contribution is 7.22. The highest BCUT2D eigenvalue weighted by atomic mass is 35.5. The highest BCUT2D eigenvalue weighted by Gasteiger charge is 2.26. The number of aryl methyl sites for hydroxylation is 1. The van der Waals surface area contributed by atoms with Crippen LogP contribution in [0, 0.1) is 6.92 Å². The Kier molecular flexibility index (Phi) is 5.40. The lowest BCUT2D eigenvalue weighted by atomic mass is 10.3. The summed E-state index contributed by atoms with van der Waals surface area (Å²) in [4.78, 5) is 21.6. The minimum absolute atomic E-state index is 0.208. The first-order valence-electron chi connectivity index (χ1n) is 8.72. The third kappa shape index (κ3) is 3.98. The first-order chi connectivity index (χ1) is 13.1. The molecule has 3 aromatic rings. The van der Waals surface area contributed by atoms with E-state index >= 15 is 0 Å². The maximum absolute atomic E-state index is 13.1. The molecule has 1 aliphatic heterocycles. The van der Waals surface area contributed by atoms with Gasteiger partial charge in [-0.2, -0.15) is 0 Å². The van der Waals surface area contributed by atoms with E-state index in [0.717, 1.165) is 24.3 Å². The number of anilines is 1. The predicted molar refractivity (Wildman–Crippen MR) is 105 cm³/mol. The summed E-state index contributed by atoms with van der Waals surface area (Å²) in [7, 11) is 0. The Morgan fingerprint density at radius 2 is 2.19 bits per heavy atom. The molecule has 7 nitrogen and oxygen atoms in total. The fourth-order valence-electron chi connectivity index (χ4n) is 2.97. The van der Waals surface area contributed by atoms with Gasteiger partial charge in [0.1, 0.15) is 5.52 Å². The van der Waals surface area contributed by atoms with Crippen molar-refractivity contribution in [3.05, 3.63) is 40.7 Å². The Morgan fingerprint density at radius 3 is 2.89 bits per heavy atom. The van der Waals surface area contributed by atoms with Gasteiger partial charge in [-0.25, -0.2) is 4.98 Å². The van der Waals surface area contributed by atoms with Gasteiger partial charge in [0.15, 0.2) is 5.13 Å². The highest BCUT2D eigenvalue weighted by Crippen LogP contribution is 2.33. The predicted octanol–water partition coefficient (Wildman–Crippen LogP) is 3.23. The molecule has 1 aromatic carbocycles. The van der Waals surface area contributed by atoms with E-state index in [0.29, 0.717) is 41.1 Å². The molecule has 1 aliphatic rings. The summed E-state index contributed by atoms with van der Waals surface area (Å²) in [6.07, 6.45) is 0. The molecule has 0 spiro atoms. The van der Waals surface area contributed by atoms with E-state index in [1.54, 1.807) is 24.0 Å². The average Bonchev–Trinajstić information content (AvgIpc) is 3.30. The zero-order valence-corrected chi connectivity index (χ0v) is 16.4. The van der Waals surface area contributed by atoms with Crippen LogP contribution in [0.5, 0.6) is 0 Å². The van der Waals surface area contributed by atoms with Crippen molar-refractivity contribution in [1.82, 2.24) is 15.0 Å². The number of benzene rings is 1. The van der Waals surface area contributed by atoms with Crippen molar-refractivity contribution in [2.45, 2.75) is 6.92 Å². The summed E-state index contributed by atoms with van der Waals surface area (Å²) >= 11 is 7.70. The maximum Gasteiger partial charge on any atom is 0.298 e. The summed E-state index contributed by atoms with van der Waals surface area (Å²) in [5, 5.41) is 5.01. The average molecular weight is 407 g/mol. The smallest absolute Gasteiger partial charge is 0.298 e. The Labute approximate surface area is 165 Å². The van der Waals surface area contributed by atoms with Crippen LogP contribution in [-0.2, 0) is 4.74 Å². The number of carbonyl (C=O) groups excluding carboxylic acids is 1. The molecule has 0 bridgehead atoms. The van der Waals surface area contributed by atoms with E-state index in [1.165, 1.54) is 11.3 Å². The Balaban J connectivity index is 1.63. The van der Waals surface area contributed by atoms with E-state index in [-0.39, 0.29) is 11.7 Å². The summed E-state index contributed by atoms with van der Waals surface area (Å²) in [5.41, 5.74) is 1.37. The van der Waals surface area contributed by atoms with Gasteiger partial charge in [-0.3, -0.25) is 14.6 Å². The zero-order chi connectivity index (χ0) is 18.8. The second-order valence-corrected chi connectivity index (χ2v) is 7.74. The summed E-state index contributed by atoms with van der Waals surface area (Å²) in [5.74, 6) is -0.0427. The number of morpholine rings is 1. The van der Waals surface area contributed by atoms with Crippen LogP contribution in [0.4, 0.5) is 5.13 Å². The van der Waals surface area contributed by atoms with Crippen molar-refractivity contribution in [1.29, 1.82) is 0 Å². The van der Waals surface area contributed by atoms with Gasteiger partial charge in [-0.05, 0) is 19.1 Å². The zero-order valence-electron chi connectivity index (χ0n) is 14.9. The molecule has 0 unspecified atom stereocenters. The van der Waals surface area contributed by atoms with E-state index in [2.05, 4.69) is 15.0 Å². The van der Waals surface area contributed by atoms with E-state index in [9.17, 15) is 4.79 Å². The van der Waals surface area contributed by atoms with Crippen LogP contribution in [0.3, 0.4) is 0 Å². The number of nitrogens with zero attached hydrogens (tertiary/aromatic N) is 4. The van der Waals surface area contributed by atoms with Gasteiger partial charge in [0.2, 0.25) is 5.76 Å². The molecular weight excluding hydrogens is 388 g/mol. The number of para-hydroxylation sites is 1. The van der Waals surface area contributed by atoms with Gasteiger partial charge in [-0.1, -0.05) is 34.2 Å². The fourth-order valence-corrected chi connectivity index (χ4v) is 4.26. The van der Waals surface area contributed by atoms with Crippen molar-refractivity contribution in [3.8, 4) is 0 Å². The standard InChI is InChI=1S/C18H19ClN4O3S/c1-12-11-14(26-21-12)17(24)23(6-5-22-7-9-25-10-8-22)18-20-16-13(19)3-2-4-15(16)27-18/h2-4,11H,5-10H2,1H3. The molecule has 1 fully saturated rings. The summed E-state index contributed by atoms with van der Waals surface area (Å²) in [6.45, 7) is 6.15. The van der Waals surface area contributed by atoms with Gasteiger partial charge in [0.25, 0.3) is 5.91 Å². The second kappa shape index (κ2) is 7.93. The van der Waals surface area contributed by atoms with Crippen LogP contribution in [0.25, 0.3) is 10.2 Å². The van der Waals surface area contributed by atoms with Gasteiger partial charge in [0.05, 0.1) is 28.6 Å². The number of aromatic nitrogens is 2. The van der Waals surface area contributed by atoms with Crippen molar-refractivity contribution in [2.75, 3.05) is 44.3 Å². The largest absolute Gasteiger partial charge is 0.379 e. The summed E-state index contributed by atoms with van der Waals surface area (Å²) < 4.78 is 11.5. The molecule has 2 aromatic heterocycles. The molecule has 0 saturated carbocycles. The quantitative estimate of drug-likeness (QED) is 0.647. The number of thiazole rings is 1. The number of fused-ring (bicyclic) bond motifs is 1. The Hall–Kier alpha value is -2.00. The molecule has 0 atom stereocenters. The Bertz CT molecular complexity index is 951. The fraction of sp³-hybridized carbons (Fsp3) is 0.389. The van der Waals surface area contributed by atoms with Gasteiger partial charge < -0.3 is 9.26 Å². The maximum atomic E-state index is 13.1. The third-order valence-electron chi connectivity index (χ3n) is 4.42. The number of halogens is 1. The Morgan fingerprint density at radius 1 is 1.37 bits per heavy atom. The van der Waals surface area contributed by atoms with Crippen molar-refractivity contribution in [3.63, 3.8) is 0 Å². The van der Waals surface area contributed by atoms with Crippen LogP contribution in [0.15, 0.2) is 28.8 Å². The van der Waals surface area contributed by atoms with E-state index in [1.807, 2.05) is 12.1 Å². The van der Waals surface area contributed by atoms with Crippen molar-refractivity contribution >= 4 is 44.2 Å². The molecule has 0 N–H and O–H groups in total. The third-order valence-corrected chi connectivity index (χ3v) is 5.77. The lowest BCUT2D eigenvalue weighted by Gasteiger charge is -2.28. The monoisotopic (exact) mass is 406 g/mol. The molecular formula is C18H19ClN4O3S. The van der Waals surface area contributed by atoms with Crippen LogP contribution in [0.1, 0.15) is 16.2 Å². The molecule has 0 radical (unpaired) electrons. The van der Waals surface area contributed by atoms with Crippen LogP contribution in [0.2, 0.25) is 5.02 Å². The van der Waals surface area contributed by atoms with Crippen LogP contribution < -0.4 is 4.90 Å². The minimum Gasteiger partial charge on any atom is -0.379 e. The number of amides is 1. The first-order valence-corrected chi connectivity index (χ1v) is 9.91. The first kappa shape index (κ1) is 18.4. The molecule has 4 rings (SSSR count). The van der Waals surface area contributed by atoms with E-state index in [4.69, 9.17) is 20.9 Å². The molecule has 27 heavy (non-hydrogen) atoms. The van der Waals surface area contributed by atoms with Crippen LogP contribution in [-0.4, -0.2) is 60.3 Å². The number of hydrogen-bond acceptors (Lipinski definition) is 7. The van der Waals surface area contributed by atoms with Gasteiger partial charge in [-0.15, -0.1) is 0 Å². The molecule has 3 heterocycles. The van der Waals surface area contributed by atoms with Gasteiger partial charge in [0, 0.05) is 32.2 Å². The number of ether oxygens (including phenoxy) is 1. The second-order valence-electron chi connectivity index (χ2n) is 6.33. The SMILES string of the molecule is Cc1cc(C(=O)N(CCN2CCOCC2)c2nc3c(Cl)cccc3s2)on1. The number of rotatable bonds is 5. The molecule has 1 saturated heterocycles. The van der Waals surface area contributed by atoms with Crippen LogP contribution >= 0.6 is 22.9 Å². The topological polar surface area (TPSA) is 71.7 Å². The molecule has 0 aliphatic carbocycles. The van der Waals surface area contributed by atoms with Crippen molar-refractivity contribution in [2.24, 2.45) is 0 Å².